The molecule has 0 saturated heterocycles. The lowest BCUT2D eigenvalue weighted by Crippen LogP contribution is -2.18. The zero-order valence-corrected chi connectivity index (χ0v) is 10.3. The van der Waals surface area contributed by atoms with Gasteiger partial charge in [-0.3, -0.25) is 0 Å². The molecule has 1 unspecified atom stereocenters. The average molecular weight is 260 g/mol. The molecule has 0 aromatic heterocycles. The molecule has 1 atom stereocenters. The molecule has 98 valence electrons. The van der Waals surface area contributed by atoms with Crippen molar-refractivity contribution >= 4 is 5.97 Å². The van der Waals surface area contributed by atoms with Gasteiger partial charge >= 0.3 is 5.97 Å². The van der Waals surface area contributed by atoms with E-state index in [4.69, 9.17) is 4.74 Å². The van der Waals surface area contributed by atoms with Crippen LogP contribution in [-0.4, -0.2) is 11.1 Å². The van der Waals surface area contributed by atoms with E-state index in [2.05, 4.69) is 0 Å². The van der Waals surface area contributed by atoms with E-state index in [1.807, 2.05) is 19.1 Å². The average Bonchev–Trinajstić information content (AvgIpc) is 2.39. The fraction of sp³-hybridized carbons (Fsp3) is 0.133. The predicted octanol–water partition coefficient (Wildman–Crippen LogP) is 3.34. The first kappa shape index (κ1) is 13.1. The number of benzene rings is 2. The van der Waals surface area contributed by atoms with Crippen LogP contribution < -0.4 is 4.74 Å². The van der Waals surface area contributed by atoms with Gasteiger partial charge in [0.15, 0.2) is 0 Å². The minimum absolute atomic E-state index is 0.398. The van der Waals surface area contributed by atoms with Crippen molar-refractivity contribution in [2.24, 2.45) is 0 Å². The van der Waals surface area contributed by atoms with E-state index >= 15 is 0 Å². The summed E-state index contributed by atoms with van der Waals surface area (Å²) in [5.41, 5.74) is 1.45. The molecular formula is C15H13FO3. The Morgan fingerprint density at radius 3 is 2.21 bits per heavy atom. The van der Waals surface area contributed by atoms with Crippen molar-refractivity contribution in [3.05, 3.63) is 65.5 Å². The summed E-state index contributed by atoms with van der Waals surface area (Å²) in [7, 11) is 0. The molecule has 3 nitrogen and oxygen atoms in total. The van der Waals surface area contributed by atoms with E-state index in [1.54, 1.807) is 12.1 Å². The molecule has 0 spiro atoms. The molecule has 0 heterocycles. The highest BCUT2D eigenvalue weighted by Gasteiger charge is 2.21. The summed E-state index contributed by atoms with van der Waals surface area (Å²) in [4.78, 5) is 11.2. The quantitative estimate of drug-likeness (QED) is 0.917. The van der Waals surface area contributed by atoms with Crippen molar-refractivity contribution in [1.82, 2.24) is 0 Å². The van der Waals surface area contributed by atoms with Gasteiger partial charge in [0.25, 0.3) is 0 Å². The Morgan fingerprint density at radius 1 is 1.11 bits per heavy atom. The van der Waals surface area contributed by atoms with Gasteiger partial charge in [0.2, 0.25) is 6.10 Å². The van der Waals surface area contributed by atoms with Gasteiger partial charge in [0.05, 0.1) is 0 Å². The van der Waals surface area contributed by atoms with Gasteiger partial charge in [-0.1, -0.05) is 29.8 Å². The van der Waals surface area contributed by atoms with Gasteiger partial charge in [-0.05, 0) is 31.2 Å². The Morgan fingerprint density at radius 2 is 1.68 bits per heavy atom. The lowest BCUT2D eigenvalue weighted by Gasteiger charge is -2.15. The minimum atomic E-state index is -1.15. The maximum atomic E-state index is 12.8. The molecular weight excluding hydrogens is 247 g/mol. The number of hydrogen-bond donors (Lipinski definition) is 1. The molecule has 2 rings (SSSR count). The fourth-order valence-electron chi connectivity index (χ4n) is 1.65. The Balaban J connectivity index is 2.23. The second kappa shape index (κ2) is 5.52. The van der Waals surface area contributed by atoms with E-state index in [0.29, 0.717) is 11.3 Å². The monoisotopic (exact) mass is 260 g/mol. The van der Waals surface area contributed by atoms with E-state index in [-0.39, 0.29) is 0 Å². The van der Waals surface area contributed by atoms with Crippen molar-refractivity contribution in [3.63, 3.8) is 0 Å². The van der Waals surface area contributed by atoms with Crippen LogP contribution in [0.25, 0.3) is 0 Å². The summed E-state index contributed by atoms with van der Waals surface area (Å²) in [6, 6.07) is 12.3. The SMILES string of the molecule is Cc1ccc(OC(C(=O)O)c2ccc(F)cc2)cc1. The smallest absolute Gasteiger partial charge is 0.349 e. The predicted molar refractivity (Wildman–Crippen MR) is 68.6 cm³/mol. The van der Waals surface area contributed by atoms with Crippen LogP contribution >= 0.6 is 0 Å². The molecule has 0 amide bonds. The number of carbonyl (C=O) groups is 1. The van der Waals surface area contributed by atoms with Gasteiger partial charge in [0, 0.05) is 5.56 Å². The second-order valence-corrected chi connectivity index (χ2v) is 4.20. The van der Waals surface area contributed by atoms with Crippen LogP contribution in [0, 0.1) is 12.7 Å². The highest BCUT2D eigenvalue weighted by Crippen LogP contribution is 2.23. The molecule has 0 bridgehead atoms. The molecule has 0 radical (unpaired) electrons. The van der Waals surface area contributed by atoms with Crippen LogP contribution in [-0.2, 0) is 4.79 Å². The van der Waals surface area contributed by atoms with Crippen molar-refractivity contribution in [3.8, 4) is 5.75 Å². The number of rotatable bonds is 4. The zero-order chi connectivity index (χ0) is 13.8. The number of hydrogen-bond acceptors (Lipinski definition) is 2. The summed E-state index contributed by atoms with van der Waals surface area (Å²) in [6.07, 6.45) is -1.15. The first-order chi connectivity index (χ1) is 9.06. The first-order valence-electron chi connectivity index (χ1n) is 5.78. The van der Waals surface area contributed by atoms with Crippen LogP contribution in [0.4, 0.5) is 4.39 Å². The van der Waals surface area contributed by atoms with Gasteiger partial charge in [0.1, 0.15) is 11.6 Å². The van der Waals surface area contributed by atoms with Crippen molar-refractivity contribution < 1.29 is 19.0 Å². The normalized spacial score (nSPS) is 11.9. The minimum Gasteiger partial charge on any atom is -0.478 e. The molecule has 0 fully saturated rings. The molecule has 2 aromatic rings. The lowest BCUT2D eigenvalue weighted by molar-refractivity contribution is -0.145. The Labute approximate surface area is 110 Å². The number of aryl methyl sites for hydroxylation is 1. The number of halogens is 1. The molecule has 4 heteroatoms. The maximum Gasteiger partial charge on any atom is 0.349 e. The molecule has 2 aromatic carbocycles. The van der Waals surface area contributed by atoms with E-state index in [1.165, 1.54) is 24.3 Å². The summed E-state index contributed by atoms with van der Waals surface area (Å²) >= 11 is 0. The third-order valence-corrected chi connectivity index (χ3v) is 2.67. The Kier molecular flexibility index (Phi) is 3.80. The summed E-state index contributed by atoms with van der Waals surface area (Å²) in [5.74, 6) is -1.07. The first-order valence-corrected chi connectivity index (χ1v) is 5.78. The van der Waals surface area contributed by atoms with Gasteiger partial charge in [-0.2, -0.15) is 0 Å². The van der Waals surface area contributed by atoms with Crippen LogP contribution in [0.15, 0.2) is 48.5 Å². The Bertz CT molecular complexity index is 561. The molecule has 0 aliphatic carbocycles. The third-order valence-electron chi connectivity index (χ3n) is 2.67. The third kappa shape index (κ3) is 3.31. The number of carboxylic acids is 1. The summed E-state index contributed by atoms with van der Waals surface area (Å²) in [6.45, 7) is 1.93. The Hall–Kier alpha value is -2.36. The molecule has 0 aliphatic heterocycles. The van der Waals surface area contributed by atoms with Crippen LogP contribution in [0.2, 0.25) is 0 Å². The molecule has 19 heavy (non-hydrogen) atoms. The maximum absolute atomic E-state index is 12.8. The number of aliphatic carboxylic acids is 1. The van der Waals surface area contributed by atoms with Crippen molar-refractivity contribution in [1.29, 1.82) is 0 Å². The van der Waals surface area contributed by atoms with Gasteiger partial charge < -0.3 is 9.84 Å². The van der Waals surface area contributed by atoms with Crippen molar-refractivity contribution in [2.75, 3.05) is 0 Å². The zero-order valence-electron chi connectivity index (χ0n) is 10.3. The van der Waals surface area contributed by atoms with Crippen LogP contribution in [0.3, 0.4) is 0 Å². The number of carboxylic acid groups (broad SMARTS) is 1. The lowest BCUT2D eigenvalue weighted by atomic mass is 10.1. The topological polar surface area (TPSA) is 46.5 Å². The molecule has 0 saturated carbocycles. The number of ether oxygens (including phenoxy) is 1. The molecule has 1 N–H and O–H groups in total. The van der Waals surface area contributed by atoms with E-state index in [0.717, 1.165) is 5.56 Å². The largest absolute Gasteiger partial charge is 0.478 e. The molecule has 0 aliphatic rings. The highest BCUT2D eigenvalue weighted by atomic mass is 19.1. The standard InChI is InChI=1S/C15H13FO3/c1-10-2-8-13(9-3-10)19-14(15(17)18)11-4-6-12(16)7-5-11/h2-9,14H,1H3,(H,17,18). The van der Waals surface area contributed by atoms with Gasteiger partial charge in [-0.25, -0.2) is 9.18 Å². The summed E-state index contributed by atoms with van der Waals surface area (Å²) in [5, 5.41) is 9.19. The highest BCUT2D eigenvalue weighted by molar-refractivity contribution is 5.74. The summed E-state index contributed by atoms with van der Waals surface area (Å²) < 4.78 is 18.3. The van der Waals surface area contributed by atoms with Crippen LogP contribution in [0.5, 0.6) is 5.75 Å². The van der Waals surface area contributed by atoms with Gasteiger partial charge in [-0.15, -0.1) is 0 Å². The van der Waals surface area contributed by atoms with E-state index in [9.17, 15) is 14.3 Å². The van der Waals surface area contributed by atoms with Crippen molar-refractivity contribution in [2.45, 2.75) is 13.0 Å². The van der Waals surface area contributed by atoms with Crippen LogP contribution in [0.1, 0.15) is 17.2 Å². The fourth-order valence-corrected chi connectivity index (χ4v) is 1.65. The second-order valence-electron chi connectivity index (χ2n) is 4.20. The van der Waals surface area contributed by atoms with E-state index < -0.39 is 17.9 Å².